The second kappa shape index (κ2) is 4.05. The number of hydrogen-bond acceptors (Lipinski definition) is 4. The van der Waals surface area contributed by atoms with Gasteiger partial charge < -0.3 is 4.90 Å². The quantitative estimate of drug-likeness (QED) is 0.768. The fraction of sp³-hybridized carbons (Fsp3) is 0.500. The van der Waals surface area contributed by atoms with Crippen molar-refractivity contribution < 1.29 is 13.2 Å². The summed E-state index contributed by atoms with van der Waals surface area (Å²) in [6.45, 7) is 0.462. The molecule has 0 N–H and O–H groups in total. The Morgan fingerprint density at radius 3 is 2.94 bits per heavy atom. The maximum absolute atomic E-state index is 11.9. The molecule has 1 aromatic heterocycles. The summed E-state index contributed by atoms with van der Waals surface area (Å²) in [5.74, 6) is 0.319. The van der Waals surface area contributed by atoms with Crippen LogP contribution in [0, 0.1) is 5.92 Å². The number of hydrogen-bond donors (Lipinski definition) is 0. The fourth-order valence-corrected chi connectivity index (χ4v) is 4.96. The van der Waals surface area contributed by atoms with Gasteiger partial charge in [0.05, 0.1) is 17.5 Å². The van der Waals surface area contributed by atoms with Gasteiger partial charge in [-0.05, 0) is 11.6 Å². The first-order chi connectivity index (χ1) is 8.55. The summed E-state index contributed by atoms with van der Waals surface area (Å²) in [6.07, 6.45) is 3.76. The maximum atomic E-state index is 11.9. The Kier molecular flexibility index (Phi) is 2.62. The molecular formula is C12H14N2O3S. The number of amides is 1. The average Bonchev–Trinajstić information content (AvgIpc) is 2.74. The molecule has 2 fully saturated rings. The first-order valence-corrected chi connectivity index (χ1v) is 7.76. The molecule has 3 heterocycles. The van der Waals surface area contributed by atoms with Crippen molar-refractivity contribution in [3.05, 3.63) is 30.1 Å². The number of carbonyl (C=O) groups is 1. The molecule has 2 atom stereocenters. The van der Waals surface area contributed by atoms with Crippen molar-refractivity contribution in [2.24, 2.45) is 5.92 Å². The van der Waals surface area contributed by atoms with Gasteiger partial charge in [0.1, 0.15) is 0 Å². The summed E-state index contributed by atoms with van der Waals surface area (Å²) >= 11 is 0. The smallest absolute Gasteiger partial charge is 0.223 e. The third kappa shape index (κ3) is 2.01. The van der Waals surface area contributed by atoms with Crippen LogP contribution >= 0.6 is 0 Å². The molecule has 0 spiro atoms. The van der Waals surface area contributed by atoms with Crippen LogP contribution in [0.25, 0.3) is 0 Å². The summed E-state index contributed by atoms with van der Waals surface area (Å²) in [5.41, 5.74) is 0.941. The molecule has 18 heavy (non-hydrogen) atoms. The molecule has 1 amide bonds. The Bertz CT molecular complexity index is 570. The first-order valence-electron chi connectivity index (χ1n) is 5.94. The van der Waals surface area contributed by atoms with Crippen molar-refractivity contribution in [2.45, 2.75) is 19.0 Å². The van der Waals surface area contributed by atoms with Gasteiger partial charge in [0.25, 0.3) is 0 Å². The van der Waals surface area contributed by atoms with Gasteiger partial charge in [-0.1, -0.05) is 6.07 Å². The van der Waals surface area contributed by atoms with E-state index >= 15 is 0 Å². The number of nitrogens with zero attached hydrogens (tertiary/aromatic N) is 2. The average molecular weight is 266 g/mol. The van der Waals surface area contributed by atoms with Gasteiger partial charge in [-0.25, -0.2) is 8.42 Å². The van der Waals surface area contributed by atoms with Crippen LogP contribution in [0.15, 0.2) is 24.5 Å². The van der Waals surface area contributed by atoms with E-state index in [-0.39, 0.29) is 29.4 Å². The lowest BCUT2D eigenvalue weighted by Crippen LogP contribution is -2.35. The van der Waals surface area contributed by atoms with Crippen LogP contribution in [-0.4, -0.2) is 41.8 Å². The van der Waals surface area contributed by atoms with Gasteiger partial charge in [-0.3, -0.25) is 9.78 Å². The number of carbonyl (C=O) groups excluding carboxylic acids is 1. The number of pyridine rings is 1. The van der Waals surface area contributed by atoms with E-state index in [2.05, 4.69) is 4.98 Å². The molecule has 0 saturated carbocycles. The van der Waals surface area contributed by atoms with Crippen molar-refractivity contribution in [3.8, 4) is 0 Å². The third-order valence-electron chi connectivity index (χ3n) is 3.67. The zero-order chi connectivity index (χ0) is 12.8. The molecule has 5 nitrogen and oxygen atoms in total. The minimum Gasteiger partial charge on any atom is -0.334 e. The largest absolute Gasteiger partial charge is 0.334 e. The van der Waals surface area contributed by atoms with Crippen LogP contribution in [0.4, 0.5) is 0 Å². The van der Waals surface area contributed by atoms with Crippen LogP contribution in [0.5, 0.6) is 0 Å². The lowest BCUT2D eigenvalue weighted by molar-refractivity contribution is -0.129. The molecule has 0 aromatic carbocycles. The minimum atomic E-state index is -2.96. The first kappa shape index (κ1) is 11.6. The zero-order valence-corrected chi connectivity index (χ0v) is 10.6. The van der Waals surface area contributed by atoms with Crippen LogP contribution < -0.4 is 0 Å². The number of rotatable bonds is 2. The molecule has 2 saturated heterocycles. The summed E-state index contributed by atoms with van der Waals surface area (Å²) in [7, 11) is -2.96. The van der Waals surface area contributed by atoms with Crippen molar-refractivity contribution >= 4 is 15.7 Å². The van der Waals surface area contributed by atoms with E-state index in [1.165, 1.54) is 0 Å². The molecule has 6 heteroatoms. The van der Waals surface area contributed by atoms with E-state index < -0.39 is 9.84 Å². The Balaban J connectivity index is 1.82. The van der Waals surface area contributed by atoms with E-state index in [0.717, 1.165) is 5.56 Å². The van der Waals surface area contributed by atoms with Crippen LogP contribution in [0.1, 0.15) is 12.0 Å². The summed E-state index contributed by atoms with van der Waals surface area (Å²) in [4.78, 5) is 17.6. The van der Waals surface area contributed by atoms with E-state index in [9.17, 15) is 13.2 Å². The fourth-order valence-electron chi connectivity index (χ4n) is 2.86. The molecule has 2 unspecified atom stereocenters. The van der Waals surface area contributed by atoms with Crippen molar-refractivity contribution in [1.29, 1.82) is 0 Å². The van der Waals surface area contributed by atoms with Crippen LogP contribution in [0.3, 0.4) is 0 Å². The minimum absolute atomic E-state index is 0.0147. The summed E-state index contributed by atoms with van der Waals surface area (Å²) in [6, 6.07) is 3.58. The van der Waals surface area contributed by atoms with Crippen molar-refractivity contribution in [1.82, 2.24) is 9.88 Å². The second-order valence-electron chi connectivity index (χ2n) is 4.99. The predicted molar refractivity (Wildman–Crippen MR) is 65.3 cm³/mol. The summed E-state index contributed by atoms with van der Waals surface area (Å²) < 4.78 is 23.2. The Hall–Kier alpha value is -1.43. The van der Waals surface area contributed by atoms with E-state index in [0.29, 0.717) is 13.0 Å². The van der Waals surface area contributed by atoms with Crippen LogP contribution in [-0.2, 0) is 21.2 Å². The Labute approximate surface area is 106 Å². The molecule has 0 radical (unpaired) electrons. The maximum Gasteiger partial charge on any atom is 0.223 e. The standard InChI is InChI=1S/C12H14N2O3S/c15-12-4-10-7-18(16,17)8-11(10)14(12)6-9-2-1-3-13-5-9/h1-3,5,10-11H,4,6-8H2. The molecule has 2 aliphatic rings. The lowest BCUT2D eigenvalue weighted by Gasteiger charge is -2.23. The SMILES string of the molecule is O=C1CC2CS(=O)(=O)CC2N1Cc1cccnc1. The van der Waals surface area contributed by atoms with Gasteiger partial charge in [-0.15, -0.1) is 0 Å². The molecule has 0 bridgehead atoms. The summed E-state index contributed by atoms with van der Waals surface area (Å²) in [5, 5.41) is 0. The molecule has 0 aliphatic carbocycles. The van der Waals surface area contributed by atoms with Crippen molar-refractivity contribution in [3.63, 3.8) is 0 Å². The van der Waals surface area contributed by atoms with E-state index in [4.69, 9.17) is 0 Å². The molecule has 96 valence electrons. The Morgan fingerprint density at radius 1 is 1.39 bits per heavy atom. The predicted octanol–water partition coefficient (Wildman–Crippen LogP) is 0.227. The number of likely N-dealkylation sites (tertiary alicyclic amines) is 1. The van der Waals surface area contributed by atoms with Gasteiger partial charge in [-0.2, -0.15) is 0 Å². The van der Waals surface area contributed by atoms with Gasteiger partial charge in [0, 0.05) is 31.3 Å². The normalized spacial score (nSPS) is 29.6. The molecule has 3 rings (SSSR count). The van der Waals surface area contributed by atoms with Gasteiger partial charge >= 0.3 is 0 Å². The molecule has 2 aliphatic heterocycles. The monoisotopic (exact) mass is 266 g/mol. The van der Waals surface area contributed by atoms with E-state index in [1.807, 2.05) is 12.1 Å². The second-order valence-corrected chi connectivity index (χ2v) is 7.15. The topological polar surface area (TPSA) is 67.3 Å². The zero-order valence-electron chi connectivity index (χ0n) is 9.82. The van der Waals surface area contributed by atoms with Crippen molar-refractivity contribution in [2.75, 3.05) is 11.5 Å². The number of aromatic nitrogens is 1. The highest BCUT2D eigenvalue weighted by Crippen LogP contribution is 2.34. The highest BCUT2D eigenvalue weighted by molar-refractivity contribution is 7.91. The van der Waals surface area contributed by atoms with Crippen LogP contribution in [0.2, 0.25) is 0 Å². The highest BCUT2D eigenvalue weighted by atomic mass is 32.2. The number of sulfone groups is 1. The molecule has 1 aromatic rings. The number of fused-ring (bicyclic) bond motifs is 1. The highest BCUT2D eigenvalue weighted by Gasteiger charge is 2.48. The van der Waals surface area contributed by atoms with Gasteiger partial charge in [0.2, 0.25) is 5.91 Å². The van der Waals surface area contributed by atoms with Gasteiger partial charge in [0.15, 0.2) is 9.84 Å². The Morgan fingerprint density at radius 2 is 2.22 bits per heavy atom. The third-order valence-corrected chi connectivity index (χ3v) is 5.46. The van der Waals surface area contributed by atoms with E-state index in [1.54, 1.807) is 17.3 Å². The lowest BCUT2D eigenvalue weighted by atomic mass is 10.1. The molecular weight excluding hydrogens is 252 g/mol.